The van der Waals surface area contributed by atoms with Crippen molar-refractivity contribution >= 4 is 21.6 Å². The molecule has 0 aliphatic heterocycles. The van der Waals surface area contributed by atoms with Gasteiger partial charge in [0.05, 0.1) is 20.3 Å². The highest BCUT2D eigenvalue weighted by Gasteiger charge is 2.08. The van der Waals surface area contributed by atoms with Crippen LogP contribution in [0.15, 0.2) is 42.5 Å². The molecule has 0 spiro atoms. The predicted octanol–water partition coefficient (Wildman–Crippen LogP) is 3.18. The van der Waals surface area contributed by atoms with Gasteiger partial charge in [-0.1, -0.05) is 39.8 Å². The Labute approximate surface area is 211 Å². The molecule has 34 heavy (non-hydrogen) atoms. The van der Waals surface area contributed by atoms with Gasteiger partial charge in [0.15, 0.2) is 11.5 Å². The second kappa shape index (κ2) is 17.8. The Kier molecular flexibility index (Phi) is 14.9. The van der Waals surface area contributed by atoms with Crippen molar-refractivity contribution in [3.8, 4) is 17.2 Å². The summed E-state index contributed by atoms with van der Waals surface area (Å²) in [6.07, 6.45) is 1.11. The van der Waals surface area contributed by atoms with Gasteiger partial charge < -0.3 is 35.1 Å². The van der Waals surface area contributed by atoms with Crippen LogP contribution in [0, 0.1) is 0 Å². The number of aliphatic hydroxyl groups excluding tert-OH is 1. The fraction of sp³-hybridized carbons (Fsp3) is 0.520. The van der Waals surface area contributed by atoms with Crippen molar-refractivity contribution in [3.05, 3.63) is 53.6 Å². The number of aliphatic hydroxyl groups is 1. The summed E-state index contributed by atoms with van der Waals surface area (Å²) >= 11 is 0. The molecule has 0 radical (unpaired) electrons. The summed E-state index contributed by atoms with van der Waals surface area (Å²) < 4.78 is 22.1. The van der Waals surface area contributed by atoms with Crippen molar-refractivity contribution in [2.75, 3.05) is 65.2 Å². The largest absolute Gasteiger partial charge is 0.493 e. The maximum absolute atomic E-state index is 10.2. The van der Waals surface area contributed by atoms with Crippen LogP contribution in [0.4, 0.5) is 0 Å². The van der Waals surface area contributed by atoms with Crippen LogP contribution in [0.1, 0.15) is 11.1 Å². The van der Waals surface area contributed by atoms with Crippen molar-refractivity contribution in [2.24, 2.45) is 5.73 Å². The Morgan fingerprint density at radius 3 is 2.41 bits per heavy atom. The van der Waals surface area contributed by atoms with Crippen molar-refractivity contribution in [2.45, 2.75) is 18.9 Å². The van der Waals surface area contributed by atoms with E-state index in [4.69, 9.17) is 24.7 Å². The molecule has 0 heterocycles. The quantitative estimate of drug-likeness (QED) is 0.195. The molecule has 1 atom stereocenters. The lowest BCUT2D eigenvalue weighted by molar-refractivity contribution is 0.106. The first-order chi connectivity index (χ1) is 16.7. The molecule has 0 aromatic heterocycles. The molecule has 0 bridgehead atoms. The molecule has 0 saturated heterocycles. The summed E-state index contributed by atoms with van der Waals surface area (Å²) in [6.45, 7) is 3.46. The van der Waals surface area contributed by atoms with Gasteiger partial charge in [-0.25, -0.2) is 0 Å². The van der Waals surface area contributed by atoms with E-state index in [9.17, 15) is 5.11 Å². The van der Waals surface area contributed by atoms with E-state index in [0.29, 0.717) is 26.3 Å². The maximum atomic E-state index is 10.2. The second-order valence-electron chi connectivity index (χ2n) is 7.57. The summed E-state index contributed by atoms with van der Waals surface area (Å²) in [5.41, 5.74) is 7.83. The van der Waals surface area contributed by atoms with Gasteiger partial charge in [-0.2, -0.15) is 0 Å². The van der Waals surface area contributed by atoms with Gasteiger partial charge in [0.1, 0.15) is 18.5 Å². The summed E-state index contributed by atoms with van der Waals surface area (Å²) in [5, 5.41) is 13.5. The van der Waals surface area contributed by atoms with Crippen molar-refractivity contribution in [1.29, 1.82) is 0 Å². The monoisotopic (exact) mass is 510 g/mol. The average Bonchev–Trinajstić information content (AvgIpc) is 2.87. The Balaban J connectivity index is 1.63. The third kappa shape index (κ3) is 11.7. The van der Waals surface area contributed by atoms with E-state index >= 15 is 0 Å². The molecule has 0 saturated carbocycles. The molecule has 7 nitrogen and oxygen atoms in total. The highest BCUT2D eigenvalue weighted by molar-refractivity contribution is 8.76. The SMILES string of the molecule is COCCc1ccc(OC[C@@H](O)CNCCc2ccc(OCCSSCCN)c(OC)c2)cc1. The van der Waals surface area contributed by atoms with Crippen LogP contribution in [0.25, 0.3) is 0 Å². The molecule has 0 unspecified atom stereocenters. The first-order valence-corrected chi connectivity index (χ1v) is 14.0. The minimum Gasteiger partial charge on any atom is -0.493 e. The van der Waals surface area contributed by atoms with Crippen LogP contribution in [-0.2, 0) is 17.6 Å². The van der Waals surface area contributed by atoms with Gasteiger partial charge in [0.2, 0.25) is 0 Å². The summed E-state index contributed by atoms with van der Waals surface area (Å²) in [4.78, 5) is 0. The highest BCUT2D eigenvalue weighted by Crippen LogP contribution is 2.29. The second-order valence-corrected chi connectivity index (χ2v) is 10.3. The normalized spacial score (nSPS) is 11.9. The van der Waals surface area contributed by atoms with E-state index in [1.165, 1.54) is 5.56 Å². The number of nitrogens with two attached hydrogens (primary N) is 1. The Bertz CT molecular complexity index is 795. The first-order valence-electron chi connectivity index (χ1n) is 11.5. The number of hydrogen-bond acceptors (Lipinski definition) is 9. The van der Waals surface area contributed by atoms with E-state index in [0.717, 1.165) is 53.7 Å². The smallest absolute Gasteiger partial charge is 0.161 e. The lowest BCUT2D eigenvalue weighted by Gasteiger charge is -2.14. The van der Waals surface area contributed by atoms with E-state index in [1.807, 2.05) is 42.5 Å². The van der Waals surface area contributed by atoms with E-state index in [2.05, 4.69) is 5.32 Å². The van der Waals surface area contributed by atoms with Gasteiger partial charge in [-0.15, -0.1) is 0 Å². The lowest BCUT2D eigenvalue weighted by atomic mass is 10.1. The van der Waals surface area contributed by atoms with E-state index < -0.39 is 6.10 Å². The third-order valence-corrected chi connectivity index (χ3v) is 7.27. The highest BCUT2D eigenvalue weighted by atomic mass is 33.1. The number of benzene rings is 2. The summed E-state index contributed by atoms with van der Waals surface area (Å²) in [6, 6.07) is 13.9. The van der Waals surface area contributed by atoms with Crippen molar-refractivity contribution in [1.82, 2.24) is 5.32 Å². The van der Waals surface area contributed by atoms with Gasteiger partial charge in [0.25, 0.3) is 0 Å². The number of methoxy groups -OCH3 is 2. The van der Waals surface area contributed by atoms with Crippen LogP contribution >= 0.6 is 21.6 Å². The van der Waals surface area contributed by atoms with Crippen LogP contribution in [0.2, 0.25) is 0 Å². The zero-order chi connectivity index (χ0) is 24.4. The molecule has 2 rings (SSSR count). The topological polar surface area (TPSA) is 95.2 Å². The minimum atomic E-state index is -0.584. The molecule has 0 amide bonds. The fourth-order valence-corrected chi connectivity index (χ4v) is 4.75. The molecule has 2 aromatic rings. The van der Waals surface area contributed by atoms with Gasteiger partial charge in [-0.05, 0) is 54.8 Å². The standard InChI is InChI=1S/C25H38N2O5S2/c1-29-13-10-20-3-6-23(7-4-20)32-19-22(28)18-27-12-9-21-5-8-24(25(17-21)30-2)31-14-16-34-33-15-11-26/h3-8,17,22,27-28H,9-16,18-19,26H2,1-2H3/t22-/m0/s1. The molecule has 0 aliphatic carbocycles. The Morgan fingerprint density at radius 2 is 1.68 bits per heavy atom. The van der Waals surface area contributed by atoms with Crippen molar-refractivity contribution < 1.29 is 24.1 Å². The number of ether oxygens (including phenoxy) is 4. The third-order valence-electron chi connectivity index (χ3n) is 4.87. The molecule has 0 aliphatic rings. The van der Waals surface area contributed by atoms with Crippen LogP contribution in [-0.4, -0.2) is 76.4 Å². The molecule has 2 aromatic carbocycles. The van der Waals surface area contributed by atoms with Gasteiger partial charge >= 0.3 is 0 Å². The van der Waals surface area contributed by atoms with E-state index in [-0.39, 0.29) is 6.61 Å². The molecule has 0 fully saturated rings. The molecule has 9 heteroatoms. The fourth-order valence-electron chi connectivity index (χ4n) is 3.06. The van der Waals surface area contributed by atoms with Crippen LogP contribution in [0.3, 0.4) is 0 Å². The number of rotatable bonds is 19. The molecular weight excluding hydrogens is 472 g/mol. The first kappa shape index (κ1) is 28.6. The van der Waals surface area contributed by atoms with Crippen LogP contribution in [0.5, 0.6) is 17.2 Å². The van der Waals surface area contributed by atoms with Crippen LogP contribution < -0.4 is 25.3 Å². The predicted molar refractivity (Wildman–Crippen MR) is 143 cm³/mol. The van der Waals surface area contributed by atoms with Gasteiger partial charge in [0, 0.05) is 31.7 Å². The molecule has 190 valence electrons. The minimum absolute atomic E-state index is 0.243. The zero-order valence-corrected chi connectivity index (χ0v) is 21.8. The Morgan fingerprint density at radius 1 is 0.912 bits per heavy atom. The lowest BCUT2D eigenvalue weighted by Crippen LogP contribution is -2.32. The van der Waals surface area contributed by atoms with Crippen molar-refractivity contribution in [3.63, 3.8) is 0 Å². The van der Waals surface area contributed by atoms with Gasteiger partial charge in [-0.3, -0.25) is 0 Å². The summed E-state index contributed by atoms with van der Waals surface area (Å²) in [5.74, 6) is 4.08. The molecular formula is C25H38N2O5S2. The maximum Gasteiger partial charge on any atom is 0.161 e. The zero-order valence-electron chi connectivity index (χ0n) is 20.2. The number of nitrogens with one attached hydrogen (secondary N) is 1. The molecule has 4 N–H and O–H groups in total. The Hall–Kier alpha value is -1.62. The summed E-state index contributed by atoms with van der Waals surface area (Å²) in [7, 11) is 6.88. The number of hydrogen-bond donors (Lipinski definition) is 3. The van der Waals surface area contributed by atoms with E-state index in [1.54, 1.807) is 35.8 Å². The average molecular weight is 511 g/mol.